The van der Waals surface area contributed by atoms with Crippen LogP contribution in [0.4, 0.5) is 0 Å². The molecule has 0 saturated carbocycles. The smallest absolute Gasteiger partial charge is 0.326 e. The van der Waals surface area contributed by atoms with E-state index in [1.54, 1.807) is 18.9 Å². The molecule has 0 heterocycles. The van der Waals surface area contributed by atoms with Crippen molar-refractivity contribution in [2.24, 2.45) is 0 Å². The summed E-state index contributed by atoms with van der Waals surface area (Å²) in [5.41, 5.74) is 2.27. The molecule has 0 aliphatic carbocycles. The van der Waals surface area contributed by atoms with Crippen molar-refractivity contribution in [2.75, 3.05) is 21.2 Å². The predicted octanol–water partition coefficient (Wildman–Crippen LogP) is 0.00420. The van der Waals surface area contributed by atoms with Crippen LogP contribution in [0, 0.1) is 0 Å². The lowest BCUT2D eigenvalue weighted by Gasteiger charge is -2.26. The molecular formula is C7H16N2O2. The number of esters is 1. The molecule has 0 aliphatic heterocycles. The van der Waals surface area contributed by atoms with Crippen molar-refractivity contribution in [1.29, 1.82) is 0 Å². The molecule has 0 aromatic carbocycles. The van der Waals surface area contributed by atoms with Gasteiger partial charge in [0.1, 0.15) is 5.54 Å². The van der Waals surface area contributed by atoms with Gasteiger partial charge in [-0.15, -0.1) is 0 Å². The van der Waals surface area contributed by atoms with Gasteiger partial charge in [0.25, 0.3) is 0 Å². The Kier molecular flexibility index (Phi) is 3.48. The topological polar surface area (TPSA) is 41.6 Å². The van der Waals surface area contributed by atoms with E-state index in [-0.39, 0.29) is 5.97 Å². The average molecular weight is 160 g/mol. The molecule has 0 aromatic heterocycles. The summed E-state index contributed by atoms with van der Waals surface area (Å²) in [6, 6.07) is 0. The average Bonchev–Trinajstić information content (AvgIpc) is 1.83. The molecule has 0 spiro atoms. The second-order valence-electron chi connectivity index (χ2n) is 3.12. The summed E-state index contributed by atoms with van der Waals surface area (Å²) in [6.07, 6.45) is 0. The highest BCUT2D eigenvalue weighted by Crippen LogP contribution is 2.03. The molecule has 0 aliphatic rings. The van der Waals surface area contributed by atoms with E-state index in [0.717, 1.165) is 0 Å². The molecule has 0 fully saturated rings. The number of hydrogen-bond acceptors (Lipinski definition) is 4. The zero-order chi connectivity index (χ0) is 9.07. The van der Waals surface area contributed by atoms with Crippen molar-refractivity contribution in [1.82, 2.24) is 10.4 Å². The van der Waals surface area contributed by atoms with Crippen LogP contribution in [0.1, 0.15) is 13.8 Å². The number of hydrogen-bond donors (Lipinski definition) is 1. The standard InChI is InChI=1S/C7H16N2O2/c1-7(2,6(10)11-5)8-9(3)4/h8H,1-5H3. The summed E-state index contributed by atoms with van der Waals surface area (Å²) in [6.45, 7) is 3.53. The first-order valence-electron chi connectivity index (χ1n) is 3.43. The molecule has 4 heteroatoms. The van der Waals surface area contributed by atoms with Gasteiger partial charge in [-0.1, -0.05) is 0 Å². The Labute approximate surface area is 67.5 Å². The lowest BCUT2D eigenvalue weighted by molar-refractivity contribution is -0.149. The first-order valence-corrected chi connectivity index (χ1v) is 3.43. The minimum absolute atomic E-state index is 0.272. The Balaban J connectivity index is 4.09. The van der Waals surface area contributed by atoms with Gasteiger partial charge < -0.3 is 4.74 Å². The second kappa shape index (κ2) is 3.69. The number of rotatable bonds is 3. The molecule has 11 heavy (non-hydrogen) atoms. The number of carbonyl (C=O) groups is 1. The SMILES string of the molecule is COC(=O)C(C)(C)NN(C)C. The van der Waals surface area contributed by atoms with Crippen LogP contribution in [-0.2, 0) is 9.53 Å². The van der Waals surface area contributed by atoms with Crippen LogP contribution in [0.2, 0.25) is 0 Å². The van der Waals surface area contributed by atoms with Crippen LogP contribution in [0.15, 0.2) is 0 Å². The number of hydrazine groups is 1. The zero-order valence-corrected chi connectivity index (χ0v) is 7.76. The molecule has 4 nitrogen and oxygen atoms in total. The van der Waals surface area contributed by atoms with E-state index in [4.69, 9.17) is 0 Å². The highest BCUT2D eigenvalue weighted by Gasteiger charge is 2.28. The number of methoxy groups -OCH3 is 1. The van der Waals surface area contributed by atoms with Gasteiger partial charge in [0, 0.05) is 14.1 Å². The van der Waals surface area contributed by atoms with Gasteiger partial charge in [0.2, 0.25) is 0 Å². The van der Waals surface area contributed by atoms with Crippen LogP contribution in [0.5, 0.6) is 0 Å². The van der Waals surface area contributed by atoms with E-state index in [9.17, 15) is 4.79 Å². The van der Waals surface area contributed by atoms with Gasteiger partial charge in [0.15, 0.2) is 0 Å². The molecule has 0 unspecified atom stereocenters. The summed E-state index contributed by atoms with van der Waals surface area (Å²) >= 11 is 0. The maximum Gasteiger partial charge on any atom is 0.326 e. The molecule has 0 rings (SSSR count). The maximum absolute atomic E-state index is 11.1. The monoisotopic (exact) mass is 160 g/mol. The number of carbonyl (C=O) groups excluding carboxylic acids is 1. The zero-order valence-electron chi connectivity index (χ0n) is 7.76. The van der Waals surface area contributed by atoms with E-state index in [1.165, 1.54) is 7.11 Å². The molecule has 0 aromatic rings. The van der Waals surface area contributed by atoms with Gasteiger partial charge in [0.05, 0.1) is 7.11 Å². The van der Waals surface area contributed by atoms with Gasteiger partial charge in [-0.2, -0.15) is 0 Å². The molecule has 0 bridgehead atoms. The van der Waals surface area contributed by atoms with Crippen LogP contribution in [0.25, 0.3) is 0 Å². The molecule has 1 N–H and O–H groups in total. The van der Waals surface area contributed by atoms with Crippen LogP contribution in [-0.4, -0.2) is 37.7 Å². The number of ether oxygens (including phenoxy) is 1. The summed E-state index contributed by atoms with van der Waals surface area (Å²) < 4.78 is 4.59. The summed E-state index contributed by atoms with van der Waals surface area (Å²) in [7, 11) is 5.02. The predicted molar refractivity (Wildman–Crippen MR) is 42.9 cm³/mol. The van der Waals surface area contributed by atoms with Gasteiger partial charge in [-0.05, 0) is 13.8 Å². The fourth-order valence-electron chi connectivity index (χ4n) is 0.860. The van der Waals surface area contributed by atoms with Crippen LogP contribution in [0.3, 0.4) is 0 Å². The molecular weight excluding hydrogens is 144 g/mol. The third kappa shape index (κ3) is 3.34. The van der Waals surface area contributed by atoms with Crippen LogP contribution < -0.4 is 5.43 Å². The van der Waals surface area contributed by atoms with Crippen molar-refractivity contribution >= 4 is 5.97 Å². The third-order valence-corrected chi connectivity index (χ3v) is 1.20. The molecule has 0 amide bonds. The van der Waals surface area contributed by atoms with E-state index in [2.05, 4.69) is 10.2 Å². The maximum atomic E-state index is 11.1. The number of nitrogens with one attached hydrogen (secondary N) is 1. The minimum atomic E-state index is -0.655. The highest BCUT2D eigenvalue weighted by molar-refractivity contribution is 5.79. The van der Waals surface area contributed by atoms with Gasteiger partial charge in [-0.3, -0.25) is 4.79 Å². The van der Waals surface area contributed by atoms with Crippen molar-refractivity contribution in [3.63, 3.8) is 0 Å². The van der Waals surface area contributed by atoms with Crippen molar-refractivity contribution in [3.8, 4) is 0 Å². The molecule has 66 valence electrons. The minimum Gasteiger partial charge on any atom is -0.468 e. The molecule has 0 saturated heterocycles. The lowest BCUT2D eigenvalue weighted by atomic mass is 10.1. The fraction of sp³-hybridized carbons (Fsp3) is 0.857. The number of nitrogens with zero attached hydrogens (tertiary/aromatic N) is 1. The Hall–Kier alpha value is -0.610. The first kappa shape index (κ1) is 10.4. The normalized spacial score (nSPS) is 11.8. The van der Waals surface area contributed by atoms with Crippen molar-refractivity contribution in [2.45, 2.75) is 19.4 Å². The van der Waals surface area contributed by atoms with Crippen molar-refractivity contribution in [3.05, 3.63) is 0 Å². The largest absolute Gasteiger partial charge is 0.468 e. The van der Waals surface area contributed by atoms with E-state index >= 15 is 0 Å². The second-order valence-corrected chi connectivity index (χ2v) is 3.12. The highest BCUT2D eigenvalue weighted by atomic mass is 16.5. The Morgan fingerprint density at radius 2 is 1.91 bits per heavy atom. The van der Waals surface area contributed by atoms with E-state index in [0.29, 0.717) is 0 Å². The Morgan fingerprint density at radius 3 is 2.18 bits per heavy atom. The molecule has 0 radical (unpaired) electrons. The first-order chi connectivity index (χ1) is 4.90. The summed E-state index contributed by atoms with van der Waals surface area (Å²) in [5, 5.41) is 1.72. The third-order valence-electron chi connectivity index (χ3n) is 1.20. The fourth-order valence-corrected chi connectivity index (χ4v) is 0.860. The van der Waals surface area contributed by atoms with Gasteiger partial charge >= 0.3 is 5.97 Å². The Bertz CT molecular complexity index is 143. The van der Waals surface area contributed by atoms with Gasteiger partial charge in [-0.25, -0.2) is 10.4 Å². The Morgan fingerprint density at radius 1 is 1.45 bits per heavy atom. The quantitative estimate of drug-likeness (QED) is 0.466. The summed E-state index contributed by atoms with van der Waals surface area (Å²) in [4.78, 5) is 11.1. The molecule has 0 atom stereocenters. The van der Waals surface area contributed by atoms with E-state index in [1.807, 2.05) is 14.1 Å². The van der Waals surface area contributed by atoms with E-state index < -0.39 is 5.54 Å². The van der Waals surface area contributed by atoms with Crippen molar-refractivity contribution < 1.29 is 9.53 Å². The lowest BCUT2D eigenvalue weighted by Crippen LogP contribution is -2.53. The summed E-state index contributed by atoms with van der Waals surface area (Å²) in [5.74, 6) is -0.272. The van der Waals surface area contributed by atoms with Crippen LogP contribution >= 0.6 is 0 Å².